The van der Waals surface area contributed by atoms with Crippen LogP contribution < -0.4 is 5.11 Å². The van der Waals surface area contributed by atoms with Crippen LogP contribution in [0.15, 0.2) is 48.6 Å². The Balaban J connectivity index is 4.07. The van der Waals surface area contributed by atoms with Gasteiger partial charge in [-0.1, -0.05) is 300 Å². The van der Waals surface area contributed by atoms with Crippen LogP contribution in [-0.4, -0.2) is 82.3 Å². The van der Waals surface area contributed by atoms with E-state index in [4.69, 9.17) is 18.9 Å². The van der Waals surface area contributed by atoms with Crippen LogP contribution in [0.25, 0.3) is 0 Å². The summed E-state index contributed by atoms with van der Waals surface area (Å²) in [7, 11) is 5.93. The highest BCUT2D eigenvalue weighted by atomic mass is 16.7. The molecule has 0 N–H and O–H groups in total. The van der Waals surface area contributed by atoms with Crippen molar-refractivity contribution in [2.75, 3.05) is 47.5 Å². The molecule has 0 heterocycles. The minimum atomic E-state index is -1.62. The number of carboxylic acid groups (broad SMARTS) is 1. The van der Waals surface area contributed by atoms with Crippen molar-refractivity contribution in [1.29, 1.82) is 0 Å². The topological polar surface area (TPSA) is 111 Å². The largest absolute Gasteiger partial charge is 0.545 e. The van der Waals surface area contributed by atoms with Gasteiger partial charge in [0.05, 0.1) is 40.3 Å². The molecule has 0 aromatic rings. The van der Waals surface area contributed by atoms with Gasteiger partial charge >= 0.3 is 11.9 Å². The molecule has 0 fully saturated rings. The summed E-state index contributed by atoms with van der Waals surface area (Å²) in [6, 6.07) is 0. The van der Waals surface area contributed by atoms with E-state index in [1.807, 2.05) is 21.1 Å². The molecular formula is C69H127NO8. The molecule has 0 spiro atoms. The average molecular weight is 1100 g/mol. The number of carboxylic acids is 1. The number of allylic oxidation sites excluding steroid dienone is 8. The molecule has 2 unspecified atom stereocenters. The fraction of sp³-hybridized carbons (Fsp3) is 0.841. The van der Waals surface area contributed by atoms with E-state index in [0.717, 1.165) is 70.6 Å². The lowest BCUT2D eigenvalue weighted by Crippen LogP contribution is -2.44. The van der Waals surface area contributed by atoms with Crippen LogP contribution in [0.3, 0.4) is 0 Å². The molecule has 0 saturated heterocycles. The highest BCUT2D eigenvalue weighted by Gasteiger charge is 2.22. The van der Waals surface area contributed by atoms with Gasteiger partial charge < -0.3 is 33.3 Å². The van der Waals surface area contributed by atoms with Gasteiger partial charge in [-0.2, -0.15) is 0 Å². The number of unbranched alkanes of at least 4 members (excludes halogenated alkanes) is 39. The van der Waals surface area contributed by atoms with Crippen molar-refractivity contribution in [1.82, 2.24) is 0 Å². The van der Waals surface area contributed by atoms with Crippen LogP contribution >= 0.6 is 0 Å². The van der Waals surface area contributed by atoms with E-state index in [1.165, 1.54) is 212 Å². The number of esters is 2. The van der Waals surface area contributed by atoms with Crippen LogP contribution in [0.5, 0.6) is 0 Å². The second kappa shape index (κ2) is 60.3. The van der Waals surface area contributed by atoms with Crippen LogP contribution in [0.1, 0.15) is 316 Å². The number of aliphatic carboxylic acids is 1. The van der Waals surface area contributed by atoms with Crippen LogP contribution in [-0.2, 0) is 33.3 Å². The molecule has 9 heteroatoms. The third-order valence-corrected chi connectivity index (χ3v) is 14.8. The zero-order valence-electron chi connectivity index (χ0n) is 52.0. The number of rotatable bonds is 62. The predicted octanol–water partition coefficient (Wildman–Crippen LogP) is 18.9. The van der Waals surface area contributed by atoms with Gasteiger partial charge in [0.1, 0.15) is 13.2 Å². The summed E-state index contributed by atoms with van der Waals surface area (Å²) >= 11 is 0. The second-order valence-corrected chi connectivity index (χ2v) is 23.7. The molecule has 0 radical (unpaired) electrons. The summed E-state index contributed by atoms with van der Waals surface area (Å²) < 4.78 is 22.8. The quantitative estimate of drug-likeness (QED) is 0.0195. The molecule has 0 aromatic carbocycles. The van der Waals surface area contributed by atoms with Crippen molar-refractivity contribution in [3.05, 3.63) is 48.6 Å². The van der Waals surface area contributed by atoms with E-state index in [1.54, 1.807) is 0 Å². The van der Waals surface area contributed by atoms with E-state index >= 15 is 0 Å². The summed E-state index contributed by atoms with van der Waals surface area (Å²) in [6.07, 6.45) is 73.4. The molecule has 0 saturated carbocycles. The van der Waals surface area contributed by atoms with Crippen LogP contribution in [0.2, 0.25) is 0 Å². The zero-order chi connectivity index (χ0) is 56.9. The van der Waals surface area contributed by atoms with E-state index in [2.05, 4.69) is 62.5 Å². The minimum absolute atomic E-state index is 0.146. The SMILES string of the molecule is CC/C=C\C/C=C\C/C=C\C/C=C\CCCCCCCCCCC(=O)OC(COC(=O)CCCCCCCCCCCCCCCCCCCCCCCCCCCCCCCCCC)COC(OCC[N+](C)(C)C)C(=O)[O-]. The average Bonchev–Trinajstić information content (AvgIpc) is 3.41. The van der Waals surface area contributed by atoms with Gasteiger partial charge in [0, 0.05) is 12.8 Å². The Bertz CT molecular complexity index is 1420. The Morgan fingerprint density at radius 2 is 0.731 bits per heavy atom. The van der Waals surface area contributed by atoms with Gasteiger partial charge in [-0.3, -0.25) is 9.59 Å². The fourth-order valence-electron chi connectivity index (χ4n) is 9.77. The molecule has 0 bridgehead atoms. The minimum Gasteiger partial charge on any atom is -0.545 e. The van der Waals surface area contributed by atoms with Crippen molar-refractivity contribution < 1.29 is 42.9 Å². The van der Waals surface area contributed by atoms with E-state index in [9.17, 15) is 19.5 Å². The first-order chi connectivity index (χ1) is 38.1. The van der Waals surface area contributed by atoms with Gasteiger partial charge in [0.15, 0.2) is 12.4 Å². The zero-order valence-corrected chi connectivity index (χ0v) is 52.0. The lowest BCUT2D eigenvalue weighted by Gasteiger charge is -2.26. The molecule has 0 rings (SSSR count). The van der Waals surface area contributed by atoms with Crippen molar-refractivity contribution in [2.45, 2.75) is 328 Å². The van der Waals surface area contributed by atoms with Gasteiger partial charge in [-0.15, -0.1) is 0 Å². The molecular weight excluding hydrogens is 971 g/mol. The monoisotopic (exact) mass is 1100 g/mol. The Labute approximate surface area is 482 Å². The highest BCUT2D eigenvalue weighted by Crippen LogP contribution is 2.18. The third-order valence-electron chi connectivity index (χ3n) is 14.8. The molecule has 2 atom stereocenters. The number of carbonyl (C=O) groups excluding carboxylic acids is 3. The van der Waals surface area contributed by atoms with Gasteiger partial charge in [0.25, 0.3) is 0 Å². The molecule has 0 amide bonds. The summed E-state index contributed by atoms with van der Waals surface area (Å²) in [5.41, 5.74) is 0. The predicted molar refractivity (Wildman–Crippen MR) is 329 cm³/mol. The molecule has 9 nitrogen and oxygen atoms in total. The molecule has 456 valence electrons. The Hall–Kier alpha value is -2.75. The van der Waals surface area contributed by atoms with E-state index < -0.39 is 24.3 Å². The maximum atomic E-state index is 12.9. The summed E-state index contributed by atoms with van der Waals surface area (Å²) in [6.45, 7) is 4.67. The summed E-state index contributed by atoms with van der Waals surface area (Å²) in [5, 5.41) is 11.8. The number of nitrogens with zero attached hydrogens (tertiary/aromatic N) is 1. The Kier molecular flexibility index (Phi) is 58.2. The first kappa shape index (κ1) is 75.2. The maximum absolute atomic E-state index is 12.9. The number of hydrogen-bond donors (Lipinski definition) is 0. The summed E-state index contributed by atoms with van der Waals surface area (Å²) in [4.78, 5) is 37.4. The fourth-order valence-corrected chi connectivity index (χ4v) is 9.77. The highest BCUT2D eigenvalue weighted by molar-refractivity contribution is 5.70. The number of carbonyl (C=O) groups is 3. The van der Waals surface area contributed by atoms with Crippen molar-refractivity contribution in [2.24, 2.45) is 0 Å². The molecule has 78 heavy (non-hydrogen) atoms. The number of quaternary nitrogens is 1. The maximum Gasteiger partial charge on any atom is 0.306 e. The second-order valence-electron chi connectivity index (χ2n) is 23.7. The number of likely N-dealkylation sites (N-methyl/N-ethyl adjacent to an activating group) is 1. The van der Waals surface area contributed by atoms with Crippen molar-refractivity contribution in [3.63, 3.8) is 0 Å². The molecule has 0 aliphatic rings. The first-order valence-corrected chi connectivity index (χ1v) is 33.3. The van der Waals surface area contributed by atoms with Gasteiger partial charge in [-0.25, -0.2) is 0 Å². The third kappa shape index (κ3) is 60.9. The Morgan fingerprint density at radius 3 is 1.09 bits per heavy atom. The van der Waals surface area contributed by atoms with Crippen LogP contribution in [0, 0.1) is 0 Å². The van der Waals surface area contributed by atoms with Gasteiger partial charge in [0.2, 0.25) is 0 Å². The Morgan fingerprint density at radius 1 is 0.397 bits per heavy atom. The van der Waals surface area contributed by atoms with E-state index in [0.29, 0.717) is 23.9 Å². The first-order valence-electron chi connectivity index (χ1n) is 33.3. The number of ether oxygens (including phenoxy) is 4. The number of hydrogen-bond acceptors (Lipinski definition) is 8. The lowest BCUT2D eigenvalue weighted by molar-refractivity contribution is -0.870. The molecule has 0 aromatic heterocycles. The molecule has 0 aliphatic carbocycles. The summed E-state index contributed by atoms with van der Waals surface area (Å²) in [5.74, 6) is -2.28. The lowest BCUT2D eigenvalue weighted by atomic mass is 10.0. The van der Waals surface area contributed by atoms with Crippen molar-refractivity contribution >= 4 is 17.9 Å². The van der Waals surface area contributed by atoms with Crippen molar-refractivity contribution in [3.8, 4) is 0 Å². The van der Waals surface area contributed by atoms with Gasteiger partial charge in [-0.05, 0) is 51.4 Å². The normalized spacial score (nSPS) is 13.0. The standard InChI is InChI=1S/C69H127NO8/c1-6-8-10-12-14-16-18-20-22-24-26-28-29-30-31-32-33-34-35-36-37-38-40-41-43-45-47-49-51-53-55-57-59-66(71)76-63-65(64-77-69(68(73)74)75-62-61-70(3,4)5)78-67(72)60-58-56-54-52-50-48-46-44-42-39-27-25-23-21-19-17-15-13-11-9-7-2/h9,11,15,17,21,23,27,39,65,69H,6-8,10,12-14,16,18-20,22,24-26,28-38,40-64H2,1-5H3/b11-9-,17-15-,23-21-,39-27-. The smallest absolute Gasteiger partial charge is 0.306 e. The molecule has 0 aliphatic heterocycles. The van der Waals surface area contributed by atoms with Crippen LogP contribution in [0.4, 0.5) is 0 Å². The van der Waals surface area contributed by atoms with E-state index in [-0.39, 0.29) is 32.2 Å².